The van der Waals surface area contributed by atoms with Gasteiger partial charge in [0.2, 0.25) is 0 Å². The highest BCUT2D eigenvalue weighted by molar-refractivity contribution is 5.59. The molecule has 1 fully saturated rings. The largest absolute Gasteiger partial charge is 0.395 e. The maximum atomic E-state index is 9.36. The van der Waals surface area contributed by atoms with Crippen molar-refractivity contribution in [3.63, 3.8) is 0 Å². The molecule has 0 aliphatic heterocycles. The minimum absolute atomic E-state index is 0.165. The van der Waals surface area contributed by atoms with Crippen LogP contribution in [0.3, 0.4) is 0 Å². The summed E-state index contributed by atoms with van der Waals surface area (Å²) in [6, 6.07) is 0.523. The molecule has 0 saturated heterocycles. The Kier molecular flexibility index (Phi) is 5.17. The molecule has 2 rings (SSSR count). The summed E-state index contributed by atoms with van der Waals surface area (Å²) in [5, 5.41) is 12.7. The lowest BCUT2D eigenvalue weighted by Gasteiger charge is -2.39. The summed E-state index contributed by atoms with van der Waals surface area (Å²) in [6.45, 7) is 7.88. The number of nitrogens with one attached hydrogen (secondary N) is 1. The maximum Gasteiger partial charge on any atom is 0.137 e. The number of aryl methyl sites for hydroxylation is 1. The van der Waals surface area contributed by atoms with Crippen molar-refractivity contribution in [1.82, 2.24) is 9.97 Å². The first-order chi connectivity index (χ1) is 9.71. The Labute approximate surface area is 121 Å². The van der Waals surface area contributed by atoms with E-state index in [9.17, 15) is 5.11 Å². The van der Waals surface area contributed by atoms with Crippen molar-refractivity contribution in [3.8, 4) is 0 Å². The van der Waals surface area contributed by atoms with Crippen LogP contribution in [-0.2, 0) is 6.42 Å². The Bertz CT molecular complexity index is 446. The van der Waals surface area contributed by atoms with Crippen LogP contribution < -0.4 is 10.2 Å². The fraction of sp³-hybridized carbons (Fsp3) is 0.733. The van der Waals surface area contributed by atoms with Crippen molar-refractivity contribution in [2.45, 2.75) is 52.5 Å². The van der Waals surface area contributed by atoms with Gasteiger partial charge in [0.15, 0.2) is 0 Å². The molecule has 0 amide bonds. The molecule has 0 unspecified atom stereocenters. The van der Waals surface area contributed by atoms with E-state index in [1.807, 2.05) is 0 Å². The number of rotatable bonds is 7. The van der Waals surface area contributed by atoms with Crippen LogP contribution in [0.25, 0.3) is 0 Å². The van der Waals surface area contributed by atoms with E-state index in [0.29, 0.717) is 12.6 Å². The van der Waals surface area contributed by atoms with Gasteiger partial charge in [-0.15, -0.1) is 0 Å². The van der Waals surface area contributed by atoms with Gasteiger partial charge in [0.25, 0.3) is 0 Å². The first kappa shape index (κ1) is 15.0. The van der Waals surface area contributed by atoms with Crippen molar-refractivity contribution >= 4 is 11.6 Å². The van der Waals surface area contributed by atoms with Crippen LogP contribution in [0.1, 0.15) is 44.5 Å². The Morgan fingerprint density at radius 2 is 2.05 bits per heavy atom. The zero-order valence-corrected chi connectivity index (χ0v) is 12.8. The molecule has 1 saturated carbocycles. The lowest BCUT2D eigenvalue weighted by Crippen LogP contribution is -2.43. The van der Waals surface area contributed by atoms with Crippen LogP contribution in [0.4, 0.5) is 11.6 Å². The zero-order valence-electron chi connectivity index (χ0n) is 12.8. The summed E-state index contributed by atoms with van der Waals surface area (Å²) in [5.74, 6) is 2.78. The molecule has 0 spiro atoms. The Balaban J connectivity index is 2.37. The Hall–Kier alpha value is -1.36. The van der Waals surface area contributed by atoms with Gasteiger partial charge in [-0.1, -0.05) is 6.92 Å². The van der Waals surface area contributed by atoms with Crippen LogP contribution in [0, 0.1) is 6.92 Å². The van der Waals surface area contributed by atoms with E-state index in [-0.39, 0.29) is 6.61 Å². The molecule has 0 radical (unpaired) electrons. The van der Waals surface area contributed by atoms with Gasteiger partial charge in [-0.05, 0) is 33.1 Å². The van der Waals surface area contributed by atoms with E-state index in [0.717, 1.165) is 36.0 Å². The quantitative estimate of drug-likeness (QED) is 0.800. The number of hydrogen-bond acceptors (Lipinski definition) is 5. The van der Waals surface area contributed by atoms with Gasteiger partial charge < -0.3 is 15.3 Å². The average molecular weight is 278 g/mol. The van der Waals surface area contributed by atoms with E-state index in [1.54, 1.807) is 0 Å². The second-order valence-corrected chi connectivity index (χ2v) is 5.32. The number of aromatic nitrogens is 2. The van der Waals surface area contributed by atoms with Crippen LogP contribution in [0.2, 0.25) is 0 Å². The van der Waals surface area contributed by atoms with Crippen LogP contribution in [0.5, 0.6) is 0 Å². The number of hydrogen-bond donors (Lipinski definition) is 2. The van der Waals surface area contributed by atoms with E-state index in [2.05, 4.69) is 36.0 Å². The number of aliphatic hydroxyl groups excluding tert-OH is 1. The highest BCUT2D eigenvalue weighted by atomic mass is 16.3. The Morgan fingerprint density at radius 1 is 1.30 bits per heavy atom. The summed E-state index contributed by atoms with van der Waals surface area (Å²) in [4.78, 5) is 11.6. The predicted octanol–water partition coefficient (Wildman–Crippen LogP) is 2.13. The lowest BCUT2D eigenvalue weighted by atomic mass is 9.91. The predicted molar refractivity (Wildman–Crippen MR) is 82.4 cm³/mol. The number of nitrogens with zero attached hydrogens (tertiary/aromatic N) is 3. The molecule has 2 N–H and O–H groups in total. The zero-order chi connectivity index (χ0) is 14.5. The van der Waals surface area contributed by atoms with E-state index in [4.69, 9.17) is 4.98 Å². The maximum absolute atomic E-state index is 9.36. The second kappa shape index (κ2) is 6.88. The molecule has 0 bridgehead atoms. The smallest absolute Gasteiger partial charge is 0.137 e. The first-order valence-electron chi connectivity index (χ1n) is 7.70. The highest BCUT2D eigenvalue weighted by Gasteiger charge is 2.27. The molecule has 5 nitrogen and oxygen atoms in total. The second-order valence-electron chi connectivity index (χ2n) is 5.32. The fourth-order valence-corrected chi connectivity index (χ4v) is 2.59. The standard InChI is InChI=1S/C15H26N4O/c1-4-13-17-14(16-5-2)11(3)15(18-13)19(9-10-20)12-7-6-8-12/h12,20H,4-10H2,1-3H3,(H,16,17,18). The third-order valence-electron chi connectivity index (χ3n) is 3.96. The van der Waals surface area contributed by atoms with Gasteiger partial charge in [-0.25, -0.2) is 9.97 Å². The molecule has 112 valence electrons. The van der Waals surface area contributed by atoms with E-state index in [1.165, 1.54) is 19.3 Å². The number of anilines is 2. The van der Waals surface area contributed by atoms with Crippen molar-refractivity contribution in [2.75, 3.05) is 29.9 Å². The van der Waals surface area contributed by atoms with Gasteiger partial charge in [-0.3, -0.25) is 0 Å². The van der Waals surface area contributed by atoms with E-state index < -0.39 is 0 Å². The molecule has 20 heavy (non-hydrogen) atoms. The third-order valence-corrected chi connectivity index (χ3v) is 3.96. The minimum atomic E-state index is 0.165. The van der Waals surface area contributed by atoms with E-state index >= 15 is 0 Å². The van der Waals surface area contributed by atoms with Gasteiger partial charge in [0, 0.05) is 31.1 Å². The average Bonchev–Trinajstić information content (AvgIpc) is 2.39. The molecule has 1 aromatic heterocycles. The summed E-state index contributed by atoms with van der Waals surface area (Å²) in [5.41, 5.74) is 1.09. The summed E-state index contributed by atoms with van der Waals surface area (Å²) >= 11 is 0. The minimum Gasteiger partial charge on any atom is -0.395 e. The summed E-state index contributed by atoms with van der Waals surface area (Å²) in [6.07, 6.45) is 4.49. The van der Waals surface area contributed by atoms with Crippen molar-refractivity contribution < 1.29 is 5.11 Å². The fourth-order valence-electron chi connectivity index (χ4n) is 2.59. The molecule has 1 aromatic rings. The van der Waals surface area contributed by atoms with Crippen LogP contribution >= 0.6 is 0 Å². The van der Waals surface area contributed by atoms with Gasteiger partial charge in [0.1, 0.15) is 17.5 Å². The monoisotopic (exact) mass is 278 g/mol. The molecule has 1 aliphatic rings. The SMILES string of the molecule is CCNc1nc(CC)nc(N(CCO)C2CCC2)c1C. The summed E-state index contributed by atoms with van der Waals surface area (Å²) in [7, 11) is 0. The topological polar surface area (TPSA) is 61.3 Å². The van der Waals surface area contributed by atoms with Gasteiger partial charge in [-0.2, -0.15) is 0 Å². The molecule has 0 aromatic carbocycles. The normalized spacial score (nSPS) is 15.0. The highest BCUT2D eigenvalue weighted by Crippen LogP contribution is 2.32. The molecule has 1 aliphatic carbocycles. The Morgan fingerprint density at radius 3 is 2.55 bits per heavy atom. The molecule has 1 heterocycles. The molecule has 0 atom stereocenters. The van der Waals surface area contributed by atoms with Crippen molar-refractivity contribution in [3.05, 3.63) is 11.4 Å². The first-order valence-corrected chi connectivity index (χ1v) is 7.70. The molecular formula is C15H26N4O. The number of aliphatic hydroxyl groups is 1. The summed E-state index contributed by atoms with van der Waals surface area (Å²) < 4.78 is 0. The van der Waals surface area contributed by atoms with Crippen molar-refractivity contribution in [1.29, 1.82) is 0 Å². The van der Waals surface area contributed by atoms with Gasteiger partial charge in [0.05, 0.1) is 6.61 Å². The van der Waals surface area contributed by atoms with Crippen molar-refractivity contribution in [2.24, 2.45) is 0 Å². The molecule has 5 heteroatoms. The molecular weight excluding hydrogens is 252 g/mol. The van der Waals surface area contributed by atoms with Crippen LogP contribution in [0.15, 0.2) is 0 Å². The third kappa shape index (κ3) is 3.03. The van der Waals surface area contributed by atoms with Gasteiger partial charge >= 0.3 is 0 Å². The van der Waals surface area contributed by atoms with Crippen LogP contribution in [-0.4, -0.2) is 40.8 Å². The lowest BCUT2D eigenvalue weighted by molar-refractivity contribution is 0.282.